The first-order valence-electron chi connectivity index (χ1n) is 3.03. The summed E-state index contributed by atoms with van der Waals surface area (Å²) in [7, 11) is 5.03. The molecule has 0 amide bonds. The molecular formula is C6H11ClO3S. The summed E-state index contributed by atoms with van der Waals surface area (Å²) < 4.78 is 15.0. The zero-order valence-corrected chi connectivity index (χ0v) is 8.29. The first kappa shape index (κ1) is 10.9. The Morgan fingerprint density at radius 3 is 2.36 bits per heavy atom. The molecule has 1 unspecified atom stereocenters. The number of esters is 1. The summed E-state index contributed by atoms with van der Waals surface area (Å²) in [5.74, 6) is -0.284. The molecule has 11 heavy (non-hydrogen) atoms. The number of halogens is 1. The van der Waals surface area contributed by atoms with Gasteiger partial charge in [-0.1, -0.05) is 0 Å². The van der Waals surface area contributed by atoms with Crippen LogP contribution in [0.3, 0.4) is 0 Å². The van der Waals surface area contributed by atoms with Gasteiger partial charge in [0, 0.05) is 0 Å². The molecule has 0 saturated carbocycles. The standard InChI is InChI=1S/C6H11ClO3S/c1-6(2,4-11(7)9)5(8)10-3/h4H2,1-3H3. The van der Waals surface area contributed by atoms with Gasteiger partial charge in [0.15, 0.2) is 0 Å². The molecule has 0 fully saturated rings. The third-order valence-electron chi connectivity index (χ3n) is 1.21. The van der Waals surface area contributed by atoms with Crippen molar-refractivity contribution >= 4 is 26.7 Å². The summed E-state index contributed by atoms with van der Waals surface area (Å²) in [6.45, 7) is 3.28. The van der Waals surface area contributed by atoms with Gasteiger partial charge in [0.05, 0.1) is 18.3 Å². The molecule has 0 radical (unpaired) electrons. The van der Waals surface area contributed by atoms with E-state index >= 15 is 0 Å². The molecule has 0 saturated heterocycles. The van der Waals surface area contributed by atoms with Gasteiger partial charge in [-0.15, -0.1) is 0 Å². The summed E-state index contributed by atoms with van der Waals surface area (Å²) in [6, 6.07) is 0. The van der Waals surface area contributed by atoms with E-state index in [4.69, 9.17) is 10.7 Å². The lowest BCUT2D eigenvalue weighted by atomic mass is 9.97. The van der Waals surface area contributed by atoms with Crippen molar-refractivity contribution in [2.45, 2.75) is 13.8 Å². The minimum absolute atomic E-state index is 0.112. The minimum Gasteiger partial charge on any atom is -0.469 e. The zero-order valence-electron chi connectivity index (χ0n) is 6.72. The molecule has 0 N–H and O–H groups in total. The van der Waals surface area contributed by atoms with E-state index < -0.39 is 21.4 Å². The molecule has 0 rings (SSSR count). The number of hydrogen-bond donors (Lipinski definition) is 0. The molecule has 0 aliphatic heterocycles. The number of carbonyl (C=O) groups is 1. The van der Waals surface area contributed by atoms with E-state index in [1.807, 2.05) is 0 Å². The lowest BCUT2D eigenvalue weighted by molar-refractivity contribution is -0.149. The normalized spacial score (nSPS) is 14.2. The van der Waals surface area contributed by atoms with Crippen molar-refractivity contribution in [2.24, 2.45) is 5.41 Å². The highest BCUT2D eigenvalue weighted by Gasteiger charge is 2.30. The van der Waals surface area contributed by atoms with Crippen LogP contribution in [0.5, 0.6) is 0 Å². The first-order chi connectivity index (χ1) is 4.90. The first-order valence-corrected chi connectivity index (χ1v) is 5.17. The largest absolute Gasteiger partial charge is 0.469 e. The lowest BCUT2D eigenvalue weighted by Crippen LogP contribution is -2.30. The summed E-state index contributed by atoms with van der Waals surface area (Å²) in [4.78, 5) is 11.0. The van der Waals surface area contributed by atoms with Crippen molar-refractivity contribution in [1.82, 2.24) is 0 Å². The van der Waals surface area contributed by atoms with Crippen LogP contribution in [0.25, 0.3) is 0 Å². The van der Waals surface area contributed by atoms with Crippen LogP contribution in [0, 0.1) is 5.41 Å². The van der Waals surface area contributed by atoms with Crippen molar-refractivity contribution in [3.8, 4) is 0 Å². The molecule has 1 atom stereocenters. The van der Waals surface area contributed by atoms with Gasteiger partial charge in [-0.05, 0) is 24.5 Å². The van der Waals surface area contributed by atoms with E-state index in [9.17, 15) is 9.00 Å². The van der Waals surface area contributed by atoms with Crippen molar-refractivity contribution < 1.29 is 13.7 Å². The van der Waals surface area contributed by atoms with Crippen LogP contribution in [0.1, 0.15) is 13.8 Å². The third kappa shape index (κ3) is 3.72. The second-order valence-electron chi connectivity index (χ2n) is 2.81. The highest BCUT2D eigenvalue weighted by Crippen LogP contribution is 2.19. The van der Waals surface area contributed by atoms with Crippen molar-refractivity contribution in [2.75, 3.05) is 12.9 Å². The van der Waals surface area contributed by atoms with Crippen LogP contribution in [0.2, 0.25) is 0 Å². The van der Waals surface area contributed by atoms with Gasteiger partial charge < -0.3 is 4.74 Å². The van der Waals surface area contributed by atoms with Crippen LogP contribution < -0.4 is 0 Å². The second-order valence-corrected chi connectivity index (χ2v) is 4.71. The van der Waals surface area contributed by atoms with Gasteiger partial charge in [0.25, 0.3) is 0 Å². The van der Waals surface area contributed by atoms with Crippen molar-refractivity contribution in [3.63, 3.8) is 0 Å². The molecule has 66 valence electrons. The molecule has 5 heteroatoms. The van der Waals surface area contributed by atoms with Gasteiger partial charge in [0.2, 0.25) is 0 Å². The van der Waals surface area contributed by atoms with E-state index in [2.05, 4.69) is 4.74 Å². The fourth-order valence-corrected chi connectivity index (χ4v) is 2.12. The maximum absolute atomic E-state index is 11.0. The Labute approximate surface area is 73.0 Å². The molecule has 0 aromatic carbocycles. The van der Waals surface area contributed by atoms with Gasteiger partial charge in [0.1, 0.15) is 10.0 Å². The smallest absolute Gasteiger partial charge is 0.312 e. The van der Waals surface area contributed by atoms with E-state index in [0.29, 0.717) is 0 Å². The molecule has 0 aromatic rings. The van der Waals surface area contributed by atoms with E-state index in [0.717, 1.165) is 0 Å². The van der Waals surface area contributed by atoms with Crippen molar-refractivity contribution in [1.29, 1.82) is 0 Å². The predicted molar refractivity (Wildman–Crippen MR) is 44.7 cm³/mol. The van der Waals surface area contributed by atoms with Crippen molar-refractivity contribution in [3.05, 3.63) is 0 Å². The van der Waals surface area contributed by atoms with Crippen LogP contribution in [0.4, 0.5) is 0 Å². The molecule has 3 nitrogen and oxygen atoms in total. The summed E-state index contributed by atoms with van der Waals surface area (Å²) in [5, 5.41) is 0. The van der Waals surface area contributed by atoms with Crippen LogP contribution in [-0.2, 0) is 19.5 Å². The Kier molecular flexibility index (Phi) is 4.03. The average Bonchev–Trinajstić information content (AvgIpc) is 1.83. The number of hydrogen-bond acceptors (Lipinski definition) is 3. The second kappa shape index (κ2) is 4.07. The van der Waals surface area contributed by atoms with Crippen LogP contribution in [0.15, 0.2) is 0 Å². The van der Waals surface area contributed by atoms with E-state index in [1.165, 1.54) is 7.11 Å². The van der Waals surface area contributed by atoms with Gasteiger partial charge in [-0.25, -0.2) is 4.21 Å². The Bertz CT molecular complexity index is 179. The highest BCUT2D eigenvalue weighted by atomic mass is 35.7. The van der Waals surface area contributed by atoms with Gasteiger partial charge >= 0.3 is 5.97 Å². The van der Waals surface area contributed by atoms with Gasteiger partial charge in [-0.2, -0.15) is 0 Å². The Morgan fingerprint density at radius 2 is 2.09 bits per heavy atom. The number of rotatable bonds is 3. The van der Waals surface area contributed by atoms with Crippen LogP contribution in [-0.4, -0.2) is 23.0 Å². The topological polar surface area (TPSA) is 43.4 Å². The summed E-state index contributed by atoms with van der Waals surface area (Å²) in [5.41, 5.74) is -0.763. The molecule has 0 aromatic heterocycles. The Hall–Kier alpha value is -0.0900. The Morgan fingerprint density at radius 1 is 1.64 bits per heavy atom. The molecule has 0 aliphatic rings. The Balaban J connectivity index is 4.21. The zero-order chi connectivity index (χ0) is 9.07. The summed E-state index contributed by atoms with van der Waals surface area (Å²) in [6.07, 6.45) is 0. The monoisotopic (exact) mass is 198 g/mol. The fraction of sp³-hybridized carbons (Fsp3) is 0.833. The summed E-state index contributed by atoms with van der Waals surface area (Å²) >= 11 is 0. The quantitative estimate of drug-likeness (QED) is 0.504. The molecular weight excluding hydrogens is 188 g/mol. The van der Waals surface area contributed by atoms with E-state index in [1.54, 1.807) is 13.8 Å². The molecule has 0 heterocycles. The molecule has 0 spiro atoms. The fourth-order valence-electron chi connectivity index (χ4n) is 0.619. The van der Waals surface area contributed by atoms with Gasteiger partial charge in [-0.3, -0.25) is 4.79 Å². The third-order valence-corrected chi connectivity index (χ3v) is 2.49. The average molecular weight is 199 g/mol. The number of ether oxygens (including phenoxy) is 1. The molecule has 0 bridgehead atoms. The number of methoxy groups -OCH3 is 1. The SMILES string of the molecule is COC(=O)C(C)(C)CS(=O)Cl. The van der Waals surface area contributed by atoms with Crippen LogP contribution >= 0.6 is 10.7 Å². The lowest BCUT2D eigenvalue weighted by Gasteiger charge is -2.18. The number of carbonyl (C=O) groups excluding carboxylic acids is 1. The molecule has 0 aliphatic carbocycles. The maximum atomic E-state index is 11.0. The van der Waals surface area contributed by atoms with E-state index in [-0.39, 0.29) is 5.75 Å². The predicted octanol–water partition coefficient (Wildman–Crippen LogP) is 1.09. The highest BCUT2D eigenvalue weighted by molar-refractivity contribution is 8.08. The maximum Gasteiger partial charge on any atom is 0.312 e. The minimum atomic E-state index is -1.49.